The molecule has 5 rings (SSSR count). The van der Waals surface area contributed by atoms with Crippen molar-refractivity contribution in [1.82, 2.24) is 14.5 Å². The number of aromatic nitrogens is 3. The van der Waals surface area contributed by atoms with E-state index in [-0.39, 0.29) is 0 Å². The van der Waals surface area contributed by atoms with E-state index in [2.05, 4.69) is 21.0 Å². The molecule has 0 amide bonds. The summed E-state index contributed by atoms with van der Waals surface area (Å²) in [5.41, 5.74) is 3.35. The zero-order valence-electron chi connectivity index (χ0n) is 14.0. The molecule has 132 valence electrons. The fourth-order valence-corrected chi connectivity index (χ4v) is 5.58. The second-order valence-electron chi connectivity index (χ2n) is 6.92. The molecule has 3 atom stereocenters. The Morgan fingerprint density at radius 3 is 2.84 bits per heavy atom. The van der Waals surface area contributed by atoms with Gasteiger partial charge in [0.1, 0.15) is 11.3 Å². The number of carboxylic acids is 1. The van der Waals surface area contributed by atoms with Crippen LogP contribution in [0.15, 0.2) is 17.6 Å². The summed E-state index contributed by atoms with van der Waals surface area (Å²) in [6.45, 7) is 1.08. The molecule has 0 aliphatic heterocycles. The molecule has 3 aromatic rings. The van der Waals surface area contributed by atoms with Gasteiger partial charge in [-0.05, 0) is 42.5 Å². The molecule has 0 spiro atoms. The smallest absolute Gasteiger partial charge is 0.300 e. The molecular formula is C18H20ClN3O2S. The summed E-state index contributed by atoms with van der Waals surface area (Å²) in [5.74, 6) is 2.40. The van der Waals surface area contributed by atoms with Crippen LogP contribution < -0.4 is 0 Å². The van der Waals surface area contributed by atoms with Gasteiger partial charge in [-0.3, -0.25) is 9.78 Å². The van der Waals surface area contributed by atoms with Crippen LogP contribution in [0.25, 0.3) is 21.3 Å². The highest BCUT2D eigenvalue weighted by atomic mass is 35.5. The number of imidazole rings is 1. The molecule has 0 aromatic carbocycles. The molecule has 2 unspecified atom stereocenters. The van der Waals surface area contributed by atoms with Crippen molar-refractivity contribution < 1.29 is 9.90 Å². The molecule has 2 aliphatic rings. The monoisotopic (exact) mass is 377 g/mol. The molecule has 3 aromatic heterocycles. The van der Waals surface area contributed by atoms with Crippen molar-refractivity contribution in [2.75, 3.05) is 0 Å². The zero-order valence-corrected chi connectivity index (χ0v) is 15.6. The lowest BCUT2D eigenvalue weighted by Gasteiger charge is -2.25. The number of alkyl halides is 1. The maximum absolute atomic E-state index is 9.00. The first kappa shape index (κ1) is 16.8. The van der Waals surface area contributed by atoms with Gasteiger partial charge >= 0.3 is 0 Å². The number of fused-ring (bicyclic) bond motifs is 5. The van der Waals surface area contributed by atoms with E-state index in [1.165, 1.54) is 35.9 Å². The highest BCUT2D eigenvalue weighted by Crippen LogP contribution is 2.52. The summed E-state index contributed by atoms with van der Waals surface area (Å²) in [7, 11) is 0. The van der Waals surface area contributed by atoms with Gasteiger partial charge in [0.05, 0.1) is 27.8 Å². The van der Waals surface area contributed by atoms with Crippen molar-refractivity contribution in [3.8, 4) is 0 Å². The van der Waals surface area contributed by atoms with Gasteiger partial charge in [-0.15, -0.1) is 22.9 Å². The summed E-state index contributed by atoms with van der Waals surface area (Å²) >= 11 is 7.98. The second-order valence-corrected chi connectivity index (χ2v) is 8.10. The molecule has 2 aliphatic carbocycles. The van der Waals surface area contributed by atoms with Crippen LogP contribution in [0.2, 0.25) is 0 Å². The number of hydrogen-bond donors (Lipinski definition) is 1. The Balaban J connectivity index is 0.000000358. The summed E-state index contributed by atoms with van der Waals surface area (Å²) in [6.07, 6.45) is 7.39. The minimum atomic E-state index is -0.833. The molecule has 0 radical (unpaired) electrons. The van der Waals surface area contributed by atoms with Crippen LogP contribution >= 0.6 is 22.9 Å². The number of nitrogens with zero attached hydrogens (tertiary/aromatic N) is 3. The summed E-state index contributed by atoms with van der Waals surface area (Å²) in [4.78, 5) is 18.3. The Kier molecular flexibility index (Phi) is 4.41. The summed E-state index contributed by atoms with van der Waals surface area (Å²) in [6, 6.07) is 2.69. The van der Waals surface area contributed by atoms with E-state index in [0.717, 1.165) is 35.6 Å². The average Bonchev–Trinajstić information content (AvgIpc) is 3.33. The summed E-state index contributed by atoms with van der Waals surface area (Å²) in [5, 5.41) is 9.54. The lowest BCUT2D eigenvalue weighted by atomic mass is 9.95. The van der Waals surface area contributed by atoms with Crippen molar-refractivity contribution in [1.29, 1.82) is 0 Å². The van der Waals surface area contributed by atoms with Crippen LogP contribution in [0, 0.1) is 11.8 Å². The Labute approximate surface area is 154 Å². The number of hydrogen-bond acceptors (Lipinski definition) is 4. The Morgan fingerprint density at radius 1 is 1.40 bits per heavy atom. The number of carboxylic acid groups (broad SMARTS) is 1. The van der Waals surface area contributed by atoms with Gasteiger partial charge in [-0.2, -0.15) is 0 Å². The van der Waals surface area contributed by atoms with Crippen LogP contribution in [0.3, 0.4) is 0 Å². The topological polar surface area (TPSA) is 68.0 Å². The lowest BCUT2D eigenvalue weighted by Crippen LogP contribution is -2.18. The second kappa shape index (κ2) is 6.57. The number of aliphatic carboxylic acids is 1. The predicted molar refractivity (Wildman–Crippen MR) is 100 cm³/mol. The lowest BCUT2D eigenvalue weighted by molar-refractivity contribution is -0.134. The fraction of sp³-hybridized carbons (Fsp3) is 0.500. The quantitative estimate of drug-likeness (QED) is 0.649. The van der Waals surface area contributed by atoms with Crippen molar-refractivity contribution in [3.63, 3.8) is 0 Å². The molecule has 1 N–H and O–H groups in total. The Morgan fingerprint density at radius 2 is 2.20 bits per heavy atom. The van der Waals surface area contributed by atoms with Crippen LogP contribution in [-0.4, -0.2) is 25.6 Å². The molecule has 0 saturated heterocycles. The van der Waals surface area contributed by atoms with E-state index in [9.17, 15) is 0 Å². The average molecular weight is 378 g/mol. The fourth-order valence-electron chi connectivity index (χ4n) is 4.50. The predicted octanol–water partition coefficient (Wildman–Crippen LogP) is 4.84. The molecule has 2 bridgehead atoms. The first-order valence-corrected chi connectivity index (χ1v) is 9.98. The SMILES string of the molecule is CC(=O)O.ClCc1nc2cnc3ccsc3c2n1[C@H]1CC2CCC1C2. The van der Waals surface area contributed by atoms with Crippen LogP contribution in [0.4, 0.5) is 0 Å². The zero-order chi connectivity index (χ0) is 17.6. The maximum atomic E-state index is 9.00. The third-order valence-corrected chi connectivity index (χ3v) is 6.50. The number of carbonyl (C=O) groups is 1. The van der Waals surface area contributed by atoms with Gasteiger partial charge < -0.3 is 9.67 Å². The number of pyridine rings is 1. The van der Waals surface area contributed by atoms with Crippen molar-refractivity contribution in [2.24, 2.45) is 11.8 Å². The largest absolute Gasteiger partial charge is 0.481 e. The Hall–Kier alpha value is -1.66. The molecule has 2 saturated carbocycles. The third-order valence-electron chi connectivity index (χ3n) is 5.35. The van der Waals surface area contributed by atoms with E-state index in [0.29, 0.717) is 11.9 Å². The first-order valence-electron chi connectivity index (χ1n) is 8.57. The number of halogens is 1. The van der Waals surface area contributed by atoms with Gasteiger partial charge in [-0.25, -0.2) is 4.98 Å². The van der Waals surface area contributed by atoms with E-state index in [1.807, 2.05) is 6.20 Å². The highest BCUT2D eigenvalue weighted by Gasteiger charge is 2.41. The molecule has 2 fully saturated rings. The minimum absolute atomic E-state index is 0.482. The standard InChI is InChI=1S/C16H16ClN3S.C2H4O2/c17-7-14-19-12-8-18-11-3-4-21-16(11)15(12)20(14)13-6-9-1-2-10(13)5-9;1-2(3)4/h3-4,8-10,13H,1-2,5-7H2;1H3,(H,3,4)/t9?,10?,13-;/m0./s1. The van der Waals surface area contributed by atoms with Crippen LogP contribution in [0.1, 0.15) is 44.5 Å². The molecule has 25 heavy (non-hydrogen) atoms. The van der Waals surface area contributed by atoms with Gasteiger partial charge in [0.2, 0.25) is 0 Å². The third kappa shape index (κ3) is 2.91. The highest BCUT2D eigenvalue weighted by molar-refractivity contribution is 7.18. The normalized spacial score (nSPS) is 24.6. The Bertz CT molecular complexity index is 931. The molecular weight excluding hydrogens is 358 g/mol. The van der Waals surface area contributed by atoms with Crippen LogP contribution in [0.5, 0.6) is 0 Å². The summed E-state index contributed by atoms with van der Waals surface area (Å²) < 4.78 is 3.73. The van der Waals surface area contributed by atoms with E-state index in [4.69, 9.17) is 26.5 Å². The van der Waals surface area contributed by atoms with E-state index in [1.54, 1.807) is 11.3 Å². The number of rotatable bonds is 2. The number of thiophene rings is 1. The van der Waals surface area contributed by atoms with E-state index >= 15 is 0 Å². The van der Waals surface area contributed by atoms with E-state index < -0.39 is 5.97 Å². The van der Waals surface area contributed by atoms with Crippen molar-refractivity contribution >= 4 is 50.2 Å². The van der Waals surface area contributed by atoms with Gasteiger partial charge in [0, 0.05) is 13.0 Å². The maximum Gasteiger partial charge on any atom is 0.300 e. The molecule has 3 heterocycles. The molecule has 5 nitrogen and oxygen atoms in total. The minimum Gasteiger partial charge on any atom is -0.481 e. The van der Waals surface area contributed by atoms with Gasteiger partial charge in [-0.1, -0.05) is 6.42 Å². The van der Waals surface area contributed by atoms with Crippen LogP contribution in [-0.2, 0) is 10.7 Å². The van der Waals surface area contributed by atoms with Gasteiger partial charge in [0.25, 0.3) is 5.97 Å². The molecule has 7 heteroatoms. The van der Waals surface area contributed by atoms with Crippen molar-refractivity contribution in [3.05, 3.63) is 23.5 Å². The van der Waals surface area contributed by atoms with Gasteiger partial charge in [0.15, 0.2) is 0 Å². The van der Waals surface area contributed by atoms with Crippen molar-refractivity contribution in [2.45, 2.75) is 44.5 Å². The first-order chi connectivity index (χ1) is 12.1.